The second kappa shape index (κ2) is 10.7. The summed E-state index contributed by atoms with van der Waals surface area (Å²) in [4.78, 5) is 14.5. The molecule has 5 heteroatoms. The predicted molar refractivity (Wildman–Crippen MR) is 157 cm³/mol. The topological polar surface area (TPSA) is 49.8 Å². The van der Waals surface area contributed by atoms with Crippen LogP contribution in [0.3, 0.4) is 0 Å². The van der Waals surface area contributed by atoms with E-state index in [0.29, 0.717) is 30.0 Å². The minimum atomic E-state index is -2.58. The standard InChI is InChI=1S/C33H45NO3Si/c1-25(30-18-12-22-33(30)21-11-13-27-20-19-26(31(35)36)23-34(27)33)24-37-38(32(2,3)4,28-14-7-5-8-15-28)29-16-9-6-10-17-29/h5-10,14-17,19,25,27,30H,11-13,18,20-24H2,1-4H3,(H,35,36)/t25-,27+,30-,33+/m0/s1. The van der Waals surface area contributed by atoms with Crippen LogP contribution in [0, 0.1) is 11.8 Å². The number of rotatable bonds is 7. The summed E-state index contributed by atoms with van der Waals surface area (Å²) in [6, 6.07) is 22.4. The lowest BCUT2D eigenvalue weighted by Crippen LogP contribution is -2.67. The van der Waals surface area contributed by atoms with Crippen LogP contribution in [0.5, 0.6) is 0 Å². The molecular weight excluding hydrogens is 486 g/mol. The molecule has 2 aliphatic heterocycles. The van der Waals surface area contributed by atoms with E-state index in [9.17, 15) is 9.90 Å². The number of piperidine rings is 1. The van der Waals surface area contributed by atoms with Crippen molar-refractivity contribution in [2.45, 2.75) is 89.3 Å². The van der Waals surface area contributed by atoms with E-state index in [2.05, 4.69) is 93.3 Å². The van der Waals surface area contributed by atoms with Crippen molar-refractivity contribution in [3.05, 3.63) is 72.3 Å². The van der Waals surface area contributed by atoms with Crippen LogP contribution in [0.1, 0.15) is 72.6 Å². The number of carboxylic acid groups (broad SMARTS) is 1. The zero-order valence-electron chi connectivity index (χ0n) is 23.7. The van der Waals surface area contributed by atoms with Gasteiger partial charge in [-0.3, -0.25) is 4.90 Å². The number of benzene rings is 2. The van der Waals surface area contributed by atoms with Crippen LogP contribution in [-0.2, 0) is 9.22 Å². The Bertz CT molecular complexity index is 1100. The summed E-state index contributed by atoms with van der Waals surface area (Å²) in [5.74, 6) is 0.176. The van der Waals surface area contributed by atoms with Crippen molar-refractivity contribution < 1.29 is 14.3 Å². The molecule has 1 saturated carbocycles. The smallest absolute Gasteiger partial charge is 0.332 e. The number of aliphatic carboxylic acids is 1. The zero-order valence-corrected chi connectivity index (χ0v) is 24.7. The Balaban J connectivity index is 1.46. The van der Waals surface area contributed by atoms with Gasteiger partial charge in [-0.1, -0.05) is 107 Å². The molecule has 204 valence electrons. The van der Waals surface area contributed by atoms with Crippen LogP contribution >= 0.6 is 0 Å². The van der Waals surface area contributed by atoms with Crippen molar-refractivity contribution in [1.82, 2.24) is 4.90 Å². The van der Waals surface area contributed by atoms with E-state index in [1.807, 2.05) is 6.08 Å². The van der Waals surface area contributed by atoms with Gasteiger partial charge in [0.05, 0.1) is 0 Å². The lowest BCUT2D eigenvalue weighted by molar-refractivity contribution is -0.134. The largest absolute Gasteiger partial charge is 0.478 e. The van der Waals surface area contributed by atoms with Gasteiger partial charge in [0.15, 0.2) is 0 Å². The highest BCUT2D eigenvalue weighted by atomic mass is 28.4. The van der Waals surface area contributed by atoms with E-state index in [1.165, 1.54) is 48.9 Å². The monoisotopic (exact) mass is 531 g/mol. The first-order valence-electron chi connectivity index (χ1n) is 14.6. The van der Waals surface area contributed by atoms with Gasteiger partial charge >= 0.3 is 5.97 Å². The van der Waals surface area contributed by atoms with Crippen LogP contribution in [-0.4, -0.2) is 49.0 Å². The number of nitrogens with zero attached hydrogens (tertiary/aromatic N) is 1. The molecule has 4 atom stereocenters. The summed E-state index contributed by atoms with van der Waals surface area (Å²) in [5.41, 5.74) is 0.691. The molecule has 1 spiro atoms. The van der Waals surface area contributed by atoms with Gasteiger partial charge in [-0.2, -0.15) is 0 Å². The molecule has 0 radical (unpaired) electrons. The van der Waals surface area contributed by atoms with E-state index < -0.39 is 14.3 Å². The highest BCUT2D eigenvalue weighted by Gasteiger charge is 2.55. The fourth-order valence-electron chi connectivity index (χ4n) is 8.22. The third-order valence-electron chi connectivity index (χ3n) is 9.89. The lowest BCUT2D eigenvalue weighted by atomic mass is 9.70. The second-order valence-corrected chi connectivity index (χ2v) is 17.3. The second-order valence-electron chi connectivity index (χ2n) is 13.0. The Kier molecular flexibility index (Phi) is 7.74. The molecule has 2 aromatic carbocycles. The highest BCUT2D eigenvalue weighted by molar-refractivity contribution is 6.99. The van der Waals surface area contributed by atoms with E-state index in [4.69, 9.17) is 4.43 Å². The number of hydrogen-bond acceptors (Lipinski definition) is 3. The quantitative estimate of drug-likeness (QED) is 0.445. The fraction of sp³-hybridized carbons (Fsp3) is 0.545. The van der Waals surface area contributed by atoms with Crippen LogP contribution in [0.2, 0.25) is 5.04 Å². The summed E-state index contributed by atoms with van der Waals surface area (Å²) in [6.07, 6.45) is 10.1. The molecule has 2 heterocycles. The molecule has 4 nitrogen and oxygen atoms in total. The summed E-state index contributed by atoms with van der Waals surface area (Å²) >= 11 is 0. The fourth-order valence-corrected chi connectivity index (χ4v) is 12.9. The van der Waals surface area contributed by atoms with Gasteiger partial charge in [0.1, 0.15) is 0 Å². The first-order valence-corrected chi connectivity index (χ1v) is 16.5. The van der Waals surface area contributed by atoms with Crippen LogP contribution in [0.15, 0.2) is 72.3 Å². The van der Waals surface area contributed by atoms with Crippen LogP contribution in [0.25, 0.3) is 0 Å². The highest BCUT2D eigenvalue weighted by Crippen LogP contribution is 2.52. The van der Waals surface area contributed by atoms with Gasteiger partial charge in [-0.15, -0.1) is 0 Å². The van der Waals surface area contributed by atoms with E-state index in [0.717, 1.165) is 13.0 Å². The van der Waals surface area contributed by atoms with Crippen LogP contribution in [0.4, 0.5) is 0 Å². The van der Waals surface area contributed by atoms with Gasteiger partial charge in [0.2, 0.25) is 0 Å². The van der Waals surface area contributed by atoms with Crippen molar-refractivity contribution in [1.29, 1.82) is 0 Å². The maximum atomic E-state index is 11.9. The van der Waals surface area contributed by atoms with E-state index >= 15 is 0 Å². The molecule has 38 heavy (non-hydrogen) atoms. The first kappa shape index (κ1) is 27.4. The van der Waals surface area contributed by atoms with Crippen LogP contribution < -0.4 is 10.4 Å². The molecule has 1 N–H and O–H groups in total. The Labute approximate surface area is 230 Å². The number of carbonyl (C=O) groups is 1. The molecule has 2 fully saturated rings. The van der Waals surface area contributed by atoms with Crippen molar-refractivity contribution in [3.63, 3.8) is 0 Å². The Morgan fingerprint density at radius 2 is 1.61 bits per heavy atom. The average molecular weight is 532 g/mol. The number of fused-ring (bicyclic) bond motifs is 2. The first-order chi connectivity index (χ1) is 18.2. The molecule has 0 amide bonds. The molecular formula is C33H45NO3Si. The number of hydrogen-bond donors (Lipinski definition) is 1. The lowest BCUT2D eigenvalue weighted by Gasteiger charge is -2.55. The Morgan fingerprint density at radius 3 is 2.16 bits per heavy atom. The molecule has 2 aromatic rings. The van der Waals surface area contributed by atoms with Crippen molar-refractivity contribution in [3.8, 4) is 0 Å². The summed E-state index contributed by atoms with van der Waals surface area (Å²) in [6.45, 7) is 10.8. The van der Waals surface area contributed by atoms with Crippen molar-refractivity contribution >= 4 is 24.7 Å². The molecule has 0 bridgehead atoms. The molecule has 1 saturated heterocycles. The van der Waals surface area contributed by atoms with Gasteiger partial charge in [-0.05, 0) is 59.4 Å². The number of carboxylic acids is 1. The minimum absolute atomic E-state index is 0.0349. The predicted octanol–water partition coefficient (Wildman–Crippen LogP) is 6.01. The third kappa shape index (κ3) is 4.71. The van der Waals surface area contributed by atoms with Crippen molar-refractivity contribution in [2.75, 3.05) is 13.2 Å². The van der Waals surface area contributed by atoms with Crippen molar-refractivity contribution in [2.24, 2.45) is 11.8 Å². The van der Waals surface area contributed by atoms with E-state index in [-0.39, 0.29) is 10.6 Å². The summed E-state index contributed by atoms with van der Waals surface area (Å²) < 4.78 is 7.38. The third-order valence-corrected chi connectivity index (χ3v) is 14.9. The maximum absolute atomic E-state index is 11.9. The van der Waals surface area contributed by atoms with Gasteiger partial charge in [0, 0.05) is 30.3 Å². The normalized spacial score (nSPS) is 27.1. The SMILES string of the molecule is C[C@@H](CO[Si](c1ccccc1)(c1ccccc1)C(C)(C)C)[C@@H]1CCC[C@]12CCC[C@@H]1CC=C(C(=O)O)CN12. The zero-order chi connectivity index (χ0) is 27.0. The minimum Gasteiger partial charge on any atom is -0.478 e. The average Bonchev–Trinajstić information content (AvgIpc) is 3.33. The molecule has 5 rings (SSSR count). The maximum Gasteiger partial charge on any atom is 0.332 e. The molecule has 3 aliphatic rings. The summed E-state index contributed by atoms with van der Waals surface area (Å²) in [7, 11) is -2.58. The molecule has 0 unspecified atom stereocenters. The molecule has 1 aliphatic carbocycles. The summed E-state index contributed by atoms with van der Waals surface area (Å²) in [5, 5.41) is 12.4. The van der Waals surface area contributed by atoms with Gasteiger partial charge < -0.3 is 9.53 Å². The van der Waals surface area contributed by atoms with E-state index in [1.54, 1.807) is 0 Å². The van der Waals surface area contributed by atoms with Gasteiger partial charge in [-0.25, -0.2) is 4.79 Å². The Hall–Kier alpha value is -2.21. The Morgan fingerprint density at radius 1 is 1.03 bits per heavy atom. The molecule has 0 aromatic heterocycles. The van der Waals surface area contributed by atoms with Gasteiger partial charge in [0.25, 0.3) is 8.32 Å².